The number of rotatable bonds is 14. The van der Waals surface area contributed by atoms with Crippen molar-refractivity contribution in [3.63, 3.8) is 0 Å². The number of benzene rings is 2. The van der Waals surface area contributed by atoms with Gasteiger partial charge in [-0.05, 0) is 56.0 Å². The molecule has 0 saturated carbocycles. The Morgan fingerprint density at radius 2 is 1.70 bits per heavy atom. The normalized spacial score (nSPS) is 14.1. The molecule has 1 heterocycles. The number of anilines is 1. The van der Waals surface area contributed by atoms with E-state index in [0.29, 0.717) is 42.6 Å². The van der Waals surface area contributed by atoms with E-state index in [2.05, 4.69) is 5.32 Å². The van der Waals surface area contributed by atoms with Crippen LogP contribution in [0, 0.1) is 0 Å². The van der Waals surface area contributed by atoms with Crippen LogP contribution in [-0.4, -0.2) is 70.3 Å². The van der Waals surface area contributed by atoms with Crippen LogP contribution in [0.3, 0.4) is 0 Å². The maximum absolute atomic E-state index is 13.6. The summed E-state index contributed by atoms with van der Waals surface area (Å²) in [4.78, 5) is 28.4. The van der Waals surface area contributed by atoms with Crippen LogP contribution in [0.1, 0.15) is 52.0 Å². The molecule has 1 aliphatic heterocycles. The van der Waals surface area contributed by atoms with Crippen LogP contribution in [0.4, 0.5) is 5.69 Å². The molecule has 220 valence electrons. The number of nitrogens with zero attached hydrogens (tertiary/aromatic N) is 2. The lowest BCUT2D eigenvalue weighted by atomic mass is 10.1. The van der Waals surface area contributed by atoms with E-state index in [4.69, 9.17) is 14.2 Å². The van der Waals surface area contributed by atoms with E-state index in [0.717, 1.165) is 18.2 Å². The summed E-state index contributed by atoms with van der Waals surface area (Å²) in [5.41, 5.74) is 1.30. The van der Waals surface area contributed by atoms with Crippen LogP contribution in [0.2, 0.25) is 0 Å². The zero-order valence-corrected chi connectivity index (χ0v) is 24.8. The van der Waals surface area contributed by atoms with Crippen LogP contribution in [-0.2, 0) is 26.2 Å². The van der Waals surface area contributed by atoms with E-state index in [9.17, 15) is 18.0 Å². The minimum absolute atomic E-state index is 0.0196. The molecule has 10 nitrogen and oxygen atoms in total. The molecule has 0 aliphatic carbocycles. The van der Waals surface area contributed by atoms with Crippen molar-refractivity contribution in [3.8, 4) is 17.2 Å². The fraction of sp³-hybridized carbons (Fsp3) is 0.517. The van der Waals surface area contributed by atoms with Gasteiger partial charge in [0.05, 0.1) is 19.1 Å². The lowest BCUT2D eigenvalue weighted by molar-refractivity contribution is -0.141. The van der Waals surface area contributed by atoms with E-state index >= 15 is 0 Å². The Bertz CT molecular complexity index is 1250. The van der Waals surface area contributed by atoms with Gasteiger partial charge in [0.25, 0.3) is 0 Å². The second-order valence-corrected chi connectivity index (χ2v) is 11.8. The Morgan fingerprint density at radius 1 is 1.02 bits per heavy atom. The molecule has 0 fully saturated rings. The van der Waals surface area contributed by atoms with Crippen molar-refractivity contribution < 1.29 is 32.2 Å². The average molecular weight is 576 g/mol. The number of hydrogen-bond acceptors (Lipinski definition) is 7. The highest BCUT2D eigenvalue weighted by molar-refractivity contribution is 7.92. The van der Waals surface area contributed by atoms with Crippen molar-refractivity contribution in [2.24, 2.45) is 0 Å². The quantitative estimate of drug-likeness (QED) is 0.365. The summed E-state index contributed by atoms with van der Waals surface area (Å²) in [5.74, 6) is 1.32. The molecule has 2 unspecified atom stereocenters. The van der Waals surface area contributed by atoms with Crippen molar-refractivity contribution >= 4 is 27.5 Å². The van der Waals surface area contributed by atoms with Crippen molar-refractivity contribution in [1.82, 2.24) is 10.2 Å². The van der Waals surface area contributed by atoms with E-state index in [1.54, 1.807) is 30.2 Å². The molecule has 2 amide bonds. The van der Waals surface area contributed by atoms with E-state index in [1.807, 2.05) is 45.0 Å². The summed E-state index contributed by atoms with van der Waals surface area (Å²) in [6.45, 7) is 6.95. The van der Waals surface area contributed by atoms with Gasteiger partial charge in [-0.25, -0.2) is 8.42 Å². The van der Waals surface area contributed by atoms with Gasteiger partial charge in [0.1, 0.15) is 25.0 Å². The number of sulfonamides is 1. The molecule has 3 rings (SSSR count). The van der Waals surface area contributed by atoms with Crippen LogP contribution < -0.4 is 23.8 Å². The second-order valence-electron chi connectivity index (χ2n) is 9.88. The molecule has 1 aliphatic rings. The lowest BCUT2D eigenvalue weighted by Crippen LogP contribution is -2.50. The molecule has 0 bridgehead atoms. The standard InChI is InChI=1S/C29H41N3O7S/c1-6-21(3)30-29(34)25(7-2)31(20-22-10-13-24(37-4)14-11-22)28(33)9-8-16-32(40(5,35)36)23-12-15-26-27(19-23)39-18-17-38-26/h10-15,19,21,25H,6-9,16-18,20H2,1-5H3,(H,30,34). The number of carbonyl (C=O) groups is 2. The zero-order valence-electron chi connectivity index (χ0n) is 24.0. The van der Waals surface area contributed by atoms with E-state index in [1.165, 1.54) is 4.31 Å². The van der Waals surface area contributed by atoms with Crippen molar-refractivity contribution in [2.75, 3.05) is 37.4 Å². The Morgan fingerprint density at radius 3 is 2.30 bits per heavy atom. The summed E-state index contributed by atoms with van der Waals surface area (Å²) in [6, 6.07) is 11.7. The first kappa shape index (κ1) is 31.1. The molecule has 1 N–H and O–H groups in total. The number of amides is 2. The summed E-state index contributed by atoms with van der Waals surface area (Å²) in [7, 11) is -2.05. The SMILES string of the molecule is CCC(C)NC(=O)C(CC)N(Cc1ccc(OC)cc1)C(=O)CCCN(c1ccc2c(c1)OCCO2)S(C)(=O)=O. The smallest absolute Gasteiger partial charge is 0.243 e. The molecule has 0 radical (unpaired) electrons. The molecule has 11 heteroatoms. The van der Waals surface area contributed by atoms with Crippen LogP contribution in [0.15, 0.2) is 42.5 Å². The first-order valence-electron chi connectivity index (χ1n) is 13.7. The summed E-state index contributed by atoms with van der Waals surface area (Å²) >= 11 is 0. The molecule has 0 aromatic heterocycles. The predicted molar refractivity (Wildman–Crippen MR) is 154 cm³/mol. The van der Waals surface area contributed by atoms with Gasteiger partial charge in [0.15, 0.2) is 11.5 Å². The third kappa shape index (κ3) is 8.27. The number of fused-ring (bicyclic) bond motifs is 1. The second kappa shape index (κ2) is 14.2. The highest BCUT2D eigenvalue weighted by atomic mass is 32.2. The van der Waals surface area contributed by atoms with Gasteiger partial charge in [0, 0.05) is 31.6 Å². The zero-order chi connectivity index (χ0) is 29.3. The molecular weight excluding hydrogens is 534 g/mol. The Balaban J connectivity index is 1.77. The maximum atomic E-state index is 13.6. The van der Waals surface area contributed by atoms with Crippen LogP contribution in [0.5, 0.6) is 17.2 Å². The first-order chi connectivity index (χ1) is 19.1. The van der Waals surface area contributed by atoms with Gasteiger partial charge in [-0.3, -0.25) is 13.9 Å². The lowest BCUT2D eigenvalue weighted by Gasteiger charge is -2.32. The molecular formula is C29H41N3O7S. The van der Waals surface area contributed by atoms with Gasteiger partial charge >= 0.3 is 0 Å². The topological polar surface area (TPSA) is 114 Å². The molecule has 40 heavy (non-hydrogen) atoms. The largest absolute Gasteiger partial charge is 0.497 e. The molecule has 0 spiro atoms. The average Bonchev–Trinajstić information content (AvgIpc) is 2.94. The number of carbonyl (C=O) groups excluding carboxylic acids is 2. The number of ether oxygens (including phenoxy) is 3. The molecule has 2 aromatic carbocycles. The summed E-state index contributed by atoms with van der Waals surface area (Å²) in [5, 5.41) is 3.00. The van der Waals surface area contributed by atoms with Crippen molar-refractivity contribution in [1.29, 1.82) is 0 Å². The number of hydrogen-bond donors (Lipinski definition) is 1. The van der Waals surface area contributed by atoms with Crippen LogP contribution in [0.25, 0.3) is 0 Å². The first-order valence-corrected chi connectivity index (χ1v) is 15.5. The maximum Gasteiger partial charge on any atom is 0.243 e. The third-order valence-electron chi connectivity index (χ3n) is 6.86. The minimum Gasteiger partial charge on any atom is -0.497 e. The monoisotopic (exact) mass is 575 g/mol. The molecule has 2 atom stereocenters. The fourth-order valence-corrected chi connectivity index (χ4v) is 5.44. The van der Waals surface area contributed by atoms with Crippen LogP contribution >= 0.6 is 0 Å². The summed E-state index contributed by atoms with van der Waals surface area (Å²) < 4.78 is 43.0. The van der Waals surface area contributed by atoms with Crippen molar-refractivity contribution in [2.45, 2.75) is 65.1 Å². The van der Waals surface area contributed by atoms with Gasteiger partial charge in [0.2, 0.25) is 21.8 Å². The van der Waals surface area contributed by atoms with Crippen molar-refractivity contribution in [3.05, 3.63) is 48.0 Å². The minimum atomic E-state index is -3.63. The van der Waals surface area contributed by atoms with E-state index in [-0.39, 0.29) is 43.8 Å². The van der Waals surface area contributed by atoms with Gasteiger partial charge in [-0.2, -0.15) is 0 Å². The van der Waals surface area contributed by atoms with Gasteiger partial charge < -0.3 is 24.4 Å². The highest BCUT2D eigenvalue weighted by Crippen LogP contribution is 2.34. The number of nitrogens with one attached hydrogen (secondary N) is 1. The molecule has 0 saturated heterocycles. The molecule has 2 aromatic rings. The fourth-order valence-electron chi connectivity index (χ4n) is 4.48. The van der Waals surface area contributed by atoms with E-state index < -0.39 is 16.1 Å². The van der Waals surface area contributed by atoms with Gasteiger partial charge in [-0.15, -0.1) is 0 Å². The number of methoxy groups -OCH3 is 1. The third-order valence-corrected chi connectivity index (χ3v) is 8.06. The Kier molecular flexibility index (Phi) is 11.1. The Hall–Kier alpha value is -3.47. The Labute approximate surface area is 237 Å². The summed E-state index contributed by atoms with van der Waals surface area (Å²) in [6.07, 6.45) is 2.68. The van der Waals surface area contributed by atoms with Gasteiger partial charge in [-0.1, -0.05) is 26.0 Å². The highest BCUT2D eigenvalue weighted by Gasteiger charge is 2.29. The predicted octanol–water partition coefficient (Wildman–Crippen LogP) is 3.73.